The monoisotopic (exact) mass is 427 g/mol. The first-order valence-corrected chi connectivity index (χ1v) is 9.44. The second-order valence-electron chi connectivity index (χ2n) is 7.02. The number of amides is 2. The van der Waals surface area contributed by atoms with Crippen LogP contribution in [-0.4, -0.2) is 43.0 Å². The number of nitrogens with one attached hydrogen (secondary N) is 1. The van der Waals surface area contributed by atoms with Crippen molar-refractivity contribution in [3.05, 3.63) is 58.1 Å². The second kappa shape index (κ2) is 9.24. The average molecular weight is 427 g/mol. The van der Waals surface area contributed by atoms with Crippen LogP contribution in [0, 0.1) is 23.0 Å². The van der Waals surface area contributed by atoms with Crippen molar-refractivity contribution in [2.24, 2.45) is 5.92 Å². The number of rotatable bonds is 7. The van der Waals surface area contributed by atoms with Gasteiger partial charge in [-0.3, -0.25) is 24.5 Å². The summed E-state index contributed by atoms with van der Waals surface area (Å²) in [5, 5.41) is 13.5. The van der Waals surface area contributed by atoms with Gasteiger partial charge in [-0.15, -0.1) is 0 Å². The number of hydrogen-bond donors (Lipinski definition) is 1. The fraction of sp³-hybridized carbons (Fsp3) is 0.286. The highest BCUT2D eigenvalue weighted by Crippen LogP contribution is 2.28. The number of carbonyl (C=O) groups is 3. The van der Waals surface area contributed by atoms with E-state index in [0.29, 0.717) is 17.0 Å². The topological polar surface area (TPSA) is 128 Å². The molecule has 1 heterocycles. The van der Waals surface area contributed by atoms with Crippen LogP contribution in [0.4, 0.5) is 17.1 Å². The number of aryl methyl sites for hydroxylation is 1. The number of nitrogens with zero attached hydrogens (tertiary/aromatic N) is 2. The van der Waals surface area contributed by atoms with Crippen molar-refractivity contribution in [2.45, 2.75) is 13.3 Å². The van der Waals surface area contributed by atoms with Crippen molar-refractivity contribution in [1.29, 1.82) is 0 Å². The molecule has 0 aromatic heterocycles. The van der Waals surface area contributed by atoms with Crippen LogP contribution in [0.25, 0.3) is 0 Å². The molecule has 0 unspecified atom stereocenters. The number of hydrogen-bond acceptors (Lipinski definition) is 7. The largest absolute Gasteiger partial charge is 0.497 e. The summed E-state index contributed by atoms with van der Waals surface area (Å²) in [5.74, 6) is -1.65. The highest BCUT2D eigenvalue weighted by molar-refractivity contribution is 6.00. The van der Waals surface area contributed by atoms with Gasteiger partial charge in [-0.05, 0) is 25.1 Å². The van der Waals surface area contributed by atoms with Gasteiger partial charge in [0.2, 0.25) is 5.91 Å². The molecule has 3 rings (SSSR count). The Balaban J connectivity index is 1.55. The van der Waals surface area contributed by atoms with E-state index in [4.69, 9.17) is 9.47 Å². The first kappa shape index (κ1) is 21.8. The van der Waals surface area contributed by atoms with Crippen LogP contribution in [0.5, 0.6) is 5.75 Å². The van der Waals surface area contributed by atoms with Gasteiger partial charge < -0.3 is 19.7 Å². The Morgan fingerprint density at radius 2 is 2.03 bits per heavy atom. The van der Waals surface area contributed by atoms with Gasteiger partial charge in [0, 0.05) is 42.0 Å². The quantitative estimate of drug-likeness (QED) is 0.408. The number of carbonyl (C=O) groups excluding carboxylic acids is 3. The predicted octanol–water partition coefficient (Wildman–Crippen LogP) is 2.45. The minimum atomic E-state index is -0.702. The summed E-state index contributed by atoms with van der Waals surface area (Å²) in [6, 6.07) is 11.2. The zero-order chi connectivity index (χ0) is 22.5. The molecule has 0 spiro atoms. The Morgan fingerprint density at radius 3 is 2.74 bits per heavy atom. The van der Waals surface area contributed by atoms with E-state index in [0.717, 1.165) is 0 Å². The van der Waals surface area contributed by atoms with Gasteiger partial charge in [-0.2, -0.15) is 0 Å². The van der Waals surface area contributed by atoms with Crippen molar-refractivity contribution in [3.8, 4) is 5.75 Å². The zero-order valence-corrected chi connectivity index (χ0v) is 17.0. The number of methoxy groups -OCH3 is 1. The summed E-state index contributed by atoms with van der Waals surface area (Å²) >= 11 is 0. The number of nitro benzene ring substituents is 1. The molecule has 0 aliphatic carbocycles. The number of esters is 1. The van der Waals surface area contributed by atoms with Crippen LogP contribution < -0.4 is 15.0 Å². The Bertz CT molecular complexity index is 1040. The maximum atomic E-state index is 12.3. The molecule has 2 amide bonds. The van der Waals surface area contributed by atoms with E-state index in [1.807, 2.05) is 0 Å². The maximum absolute atomic E-state index is 12.3. The van der Waals surface area contributed by atoms with Crippen molar-refractivity contribution in [1.82, 2.24) is 0 Å². The molecule has 1 fully saturated rings. The molecule has 1 aliphatic heterocycles. The van der Waals surface area contributed by atoms with E-state index in [1.54, 1.807) is 31.2 Å². The zero-order valence-electron chi connectivity index (χ0n) is 17.0. The lowest BCUT2D eigenvalue weighted by Crippen LogP contribution is -2.28. The second-order valence-corrected chi connectivity index (χ2v) is 7.02. The van der Waals surface area contributed by atoms with Gasteiger partial charge in [-0.25, -0.2) is 0 Å². The average Bonchev–Trinajstić information content (AvgIpc) is 3.15. The molecule has 0 radical (unpaired) electrons. The number of anilines is 2. The lowest BCUT2D eigenvalue weighted by atomic mass is 10.1. The van der Waals surface area contributed by atoms with E-state index in [-0.39, 0.29) is 30.2 Å². The summed E-state index contributed by atoms with van der Waals surface area (Å²) in [6.45, 7) is 1.16. The third-order valence-corrected chi connectivity index (χ3v) is 4.86. The van der Waals surface area contributed by atoms with Crippen molar-refractivity contribution < 1.29 is 28.8 Å². The smallest absolute Gasteiger partial charge is 0.311 e. The van der Waals surface area contributed by atoms with E-state index in [1.165, 1.54) is 30.2 Å². The normalized spacial score (nSPS) is 15.5. The van der Waals surface area contributed by atoms with Crippen molar-refractivity contribution in [2.75, 3.05) is 30.5 Å². The van der Waals surface area contributed by atoms with Crippen molar-refractivity contribution >= 4 is 34.8 Å². The molecule has 1 aliphatic rings. The third kappa shape index (κ3) is 5.16. The number of benzene rings is 2. The van der Waals surface area contributed by atoms with E-state index < -0.39 is 29.3 Å². The molecule has 10 nitrogen and oxygen atoms in total. The van der Waals surface area contributed by atoms with Crippen LogP contribution in [0.3, 0.4) is 0 Å². The summed E-state index contributed by atoms with van der Waals surface area (Å²) in [4.78, 5) is 48.7. The molecule has 1 atom stereocenters. The highest BCUT2D eigenvalue weighted by Gasteiger charge is 2.36. The summed E-state index contributed by atoms with van der Waals surface area (Å²) in [7, 11) is 1.52. The SMILES string of the molecule is COc1cccc(N2C[C@@H](C(=O)OCC(=O)Nc3ccc(C)c([N+](=O)[O-])c3)CC2=O)c1. The lowest BCUT2D eigenvalue weighted by Gasteiger charge is -2.17. The molecular weight excluding hydrogens is 406 g/mol. The van der Waals surface area contributed by atoms with Gasteiger partial charge in [-0.1, -0.05) is 12.1 Å². The van der Waals surface area contributed by atoms with Gasteiger partial charge in [0.25, 0.3) is 11.6 Å². The van der Waals surface area contributed by atoms with E-state index >= 15 is 0 Å². The minimum Gasteiger partial charge on any atom is -0.497 e. The first-order chi connectivity index (χ1) is 14.8. The fourth-order valence-electron chi connectivity index (χ4n) is 3.23. The van der Waals surface area contributed by atoms with Crippen LogP contribution in [-0.2, 0) is 19.1 Å². The molecule has 10 heteroatoms. The van der Waals surface area contributed by atoms with Gasteiger partial charge >= 0.3 is 5.97 Å². The third-order valence-electron chi connectivity index (χ3n) is 4.86. The highest BCUT2D eigenvalue weighted by atomic mass is 16.6. The Morgan fingerprint density at radius 1 is 1.26 bits per heavy atom. The molecule has 1 N–H and O–H groups in total. The van der Waals surface area contributed by atoms with Gasteiger partial charge in [0.1, 0.15) is 5.75 Å². The molecule has 162 valence electrons. The molecule has 1 saturated heterocycles. The molecular formula is C21H21N3O7. The molecule has 0 saturated carbocycles. The molecule has 31 heavy (non-hydrogen) atoms. The predicted molar refractivity (Wildman–Crippen MR) is 111 cm³/mol. The van der Waals surface area contributed by atoms with Crippen LogP contribution in [0.2, 0.25) is 0 Å². The van der Waals surface area contributed by atoms with Gasteiger partial charge in [0.05, 0.1) is 18.0 Å². The Labute approximate surface area is 177 Å². The summed E-state index contributed by atoms with van der Waals surface area (Å²) in [6.07, 6.45) is -0.0260. The van der Waals surface area contributed by atoms with Crippen LogP contribution >= 0.6 is 0 Å². The van der Waals surface area contributed by atoms with Crippen LogP contribution in [0.1, 0.15) is 12.0 Å². The number of nitro groups is 1. The molecule has 0 bridgehead atoms. The van der Waals surface area contributed by atoms with Gasteiger partial charge in [0.15, 0.2) is 6.61 Å². The van der Waals surface area contributed by atoms with E-state index in [9.17, 15) is 24.5 Å². The van der Waals surface area contributed by atoms with Crippen molar-refractivity contribution in [3.63, 3.8) is 0 Å². The Hall–Kier alpha value is -3.95. The molecule has 2 aromatic carbocycles. The Kier molecular flexibility index (Phi) is 6.49. The molecule has 2 aromatic rings. The number of ether oxygens (including phenoxy) is 2. The van der Waals surface area contributed by atoms with Crippen LogP contribution in [0.15, 0.2) is 42.5 Å². The standard InChI is InChI=1S/C21H21N3O7/c1-13-6-7-15(9-18(13)24(28)29)22-19(25)12-31-21(27)14-8-20(26)23(11-14)16-4-3-5-17(10-16)30-2/h3-7,9-10,14H,8,11-12H2,1-2H3,(H,22,25)/t14-/m0/s1. The fourth-order valence-corrected chi connectivity index (χ4v) is 3.23. The minimum absolute atomic E-state index is 0.0260. The van der Waals surface area contributed by atoms with E-state index in [2.05, 4.69) is 5.32 Å². The lowest BCUT2D eigenvalue weighted by molar-refractivity contribution is -0.385. The summed E-state index contributed by atoms with van der Waals surface area (Å²) < 4.78 is 10.2. The maximum Gasteiger partial charge on any atom is 0.311 e. The first-order valence-electron chi connectivity index (χ1n) is 9.44. The summed E-state index contributed by atoms with van der Waals surface area (Å²) in [5.41, 5.74) is 1.16.